The minimum atomic E-state index is -1.12. The van der Waals surface area contributed by atoms with E-state index < -0.39 is 30.7 Å². The Labute approximate surface area is 313 Å². The van der Waals surface area contributed by atoms with Crippen LogP contribution < -0.4 is 5.73 Å². The monoisotopic (exact) mass is 730 g/mol. The highest BCUT2D eigenvalue weighted by Crippen LogP contribution is 2.15. The number of esters is 3. The topological polar surface area (TPSA) is 156 Å². The van der Waals surface area contributed by atoms with Crippen LogP contribution in [0.25, 0.3) is 0 Å². The van der Waals surface area contributed by atoms with Gasteiger partial charge in [-0.1, -0.05) is 194 Å². The van der Waals surface area contributed by atoms with Gasteiger partial charge in [-0.15, -0.1) is 0 Å². The fourth-order valence-electron chi connectivity index (χ4n) is 5.91. The molecule has 0 aromatic carbocycles. The normalized spacial score (nSPS) is 12.2. The van der Waals surface area contributed by atoms with Crippen molar-refractivity contribution in [2.75, 3.05) is 19.8 Å². The van der Waals surface area contributed by atoms with E-state index in [4.69, 9.17) is 25.8 Å². The number of hydrogen-bond acceptors (Lipinski definition) is 9. The van der Waals surface area contributed by atoms with E-state index in [1.807, 2.05) is 0 Å². The number of aliphatic hydroxyl groups is 3. The molecule has 0 rings (SSSR count). The second-order valence-corrected chi connectivity index (χ2v) is 14.5. The van der Waals surface area contributed by atoms with Gasteiger partial charge in [-0.05, 0) is 12.8 Å². The molecule has 1 unspecified atom stereocenters. The average Bonchev–Trinajstić information content (AvgIpc) is 3.13. The lowest BCUT2D eigenvalue weighted by Gasteiger charge is -2.08. The Kier molecular flexibility index (Phi) is 43.3. The minimum Gasteiger partial charge on any atom is -0.463 e. The van der Waals surface area contributed by atoms with Gasteiger partial charge in [0, 0.05) is 12.8 Å². The van der Waals surface area contributed by atoms with Gasteiger partial charge in [-0.2, -0.15) is 0 Å². The van der Waals surface area contributed by atoms with Crippen LogP contribution in [0.5, 0.6) is 0 Å². The average molecular weight is 730 g/mol. The molecule has 0 heterocycles. The first-order valence-electron chi connectivity index (χ1n) is 21.4. The first kappa shape index (κ1) is 51.6. The van der Waals surface area contributed by atoms with Gasteiger partial charge < -0.3 is 30.5 Å². The third-order valence-electron chi connectivity index (χ3n) is 9.33. The van der Waals surface area contributed by atoms with Crippen LogP contribution >= 0.6 is 0 Å². The number of aliphatic hydroxyl groups excluding tert-OH is 3. The summed E-state index contributed by atoms with van der Waals surface area (Å²) in [7, 11) is 0. The first-order chi connectivity index (χ1) is 24.8. The van der Waals surface area contributed by atoms with Crippen LogP contribution in [0.4, 0.5) is 0 Å². The summed E-state index contributed by atoms with van der Waals surface area (Å²) in [6.45, 7) is 3.54. The quantitative estimate of drug-likeness (QED) is 0.0278. The lowest BCUT2D eigenvalue weighted by atomic mass is 10.0. The molecule has 0 bridgehead atoms. The predicted molar refractivity (Wildman–Crippen MR) is 209 cm³/mol. The molecule has 51 heavy (non-hydrogen) atoms. The van der Waals surface area contributed by atoms with Gasteiger partial charge in [0.15, 0.2) is 0 Å². The molecule has 0 aromatic heterocycles. The molecule has 0 aliphatic carbocycles. The van der Waals surface area contributed by atoms with Crippen LogP contribution in [0.2, 0.25) is 0 Å². The molecular weight excluding hydrogens is 646 g/mol. The van der Waals surface area contributed by atoms with E-state index in [9.17, 15) is 14.4 Å². The number of nitrogens with two attached hydrogens (primary N) is 1. The van der Waals surface area contributed by atoms with Crippen molar-refractivity contribution < 1.29 is 39.2 Å². The molecule has 9 nitrogen and oxygen atoms in total. The number of rotatable bonds is 37. The second-order valence-electron chi connectivity index (χ2n) is 14.5. The van der Waals surface area contributed by atoms with E-state index in [-0.39, 0.29) is 25.6 Å². The van der Waals surface area contributed by atoms with Crippen molar-refractivity contribution in [2.24, 2.45) is 5.73 Å². The summed E-state index contributed by atoms with van der Waals surface area (Å²) in [5.41, 5.74) is 5.27. The van der Waals surface area contributed by atoms with Crippen molar-refractivity contribution in [2.45, 2.75) is 231 Å². The highest BCUT2D eigenvalue weighted by molar-refractivity contribution is 5.88. The zero-order valence-electron chi connectivity index (χ0n) is 33.4. The summed E-state index contributed by atoms with van der Waals surface area (Å²) in [6.07, 6.45) is 38.3. The van der Waals surface area contributed by atoms with E-state index in [0.29, 0.717) is 6.42 Å². The molecule has 0 aromatic rings. The Morgan fingerprint density at radius 2 is 0.765 bits per heavy atom. The SMILES string of the molecule is CCCCCCCCCCCCCCCCCC(=O)OC(=O)[C@@H](N)CO.CCCCCCCCCCCCCCCCCC(=O)OCC(O)CO. The van der Waals surface area contributed by atoms with Gasteiger partial charge in [-0.3, -0.25) is 9.59 Å². The molecule has 2 atom stereocenters. The second kappa shape index (κ2) is 42.9. The van der Waals surface area contributed by atoms with E-state index in [1.54, 1.807) is 0 Å². The molecule has 0 spiro atoms. The zero-order chi connectivity index (χ0) is 38.0. The third-order valence-corrected chi connectivity index (χ3v) is 9.33. The molecule has 0 fully saturated rings. The van der Waals surface area contributed by atoms with E-state index >= 15 is 0 Å². The summed E-state index contributed by atoms with van der Waals surface area (Å²) in [6, 6.07) is -1.12. The molecule has 0 aliphatic heterocycles. The maximum atomic E-state index is 11.4. The Morgan fingerprint density at radius 1 is 0.471 bits per heavy atom. The standard InChI is InChI=1S/C21H41NO4.C21H42O4/c1-2-3-4-5-6-7-8-9-10-11-12-13-14-15-16-17-20(24)26-21(25)19(22)18-23;1-2-3-4-5-6-7-8-9-10-11-12-13-14-15-16-17-21(24)25-19-20(23)18-22/h19,23H,2-18,22H2,1H3;20,22-23H,2-19H2,1H3/t19-;/m0./s1. The number of hydrogen-bond donors (Lipinski definition) is 4. The van der Waals surface area contributed by atoms with E-state index in [1.165, 1.54) is 161 Å². The molecule has 0 aliphatic rings. The fourth-order valence-corrected chi connectivity index (χ4v) is 5.91. The minimum absolute atomic E-state index is 0.103. The number of unbranched alkanes of at least 4 members (excludes halogenated alkanes) is 28. The van der Waals surface area contributed by atoms with Crippen LogP contribution in [0.1, 0.15) is 219 Å². The van der Waals surface area contributed by atoms with Crippen molar-refractivity contribution in [3.05, 3.63) is 0 Å². The summed E-state index contributed by atoms with van der Waals surface area (Å²) in [5, 5.41) is 26.4. The zero-order valence-corrected chi connectivity index (χ0v) is 33.4. The Morgan fingerprint density at radius 3 is 1.06 bits per heavy atom. The van der Waals surface area contributed by atoms with E-state index in [2.05, 4.69) is 18.6 Å². The maximum absolute atomic E-state index is 11.4. The van der Waals surface area contributed by atoms with Gasteiger partial charge in [0.25, 0.3) is 0 Å². The van der Waals surface area contributed by atoms with Crippen LogP contribution in [-0.4, -0.2) is 65.2 Å². The predicted octanol–water partition coefficient (Wildman–Crippen LogP) is 9.78. The van der Waals surface area contributed by atoms with Crippen molar-refractivity contribution >= 4 is 17.9 Å². The fraction of sp³-hybridized carbons (Fsp3) is 0.929. The van der Waals surface area contributed by atoms with Crippen LogP contribution in [0, 0.1) is 0 Å². The molecule has 0 saturated carbocycles. The highest BCUT2D eigenvalue weighted by atomic mass is 16.6. The number of ether oxygens (including phenoxy) is 2. The molecule has 9 heteroatoms. The van der Waals surface area contributed by atoms with Gasteiger partial charge in [0.2, 0.25) is 0 Å². The lowest BCUT2D eigenvalue weighted by molar-refractivity contribution is -0.161. The largest absolute Gasteiger partial charge is 0.463 e. The summed E-state index contributed by atoms with van der Waals surface area (Å²) in [5.74, 6) is -1.67. The van der Waals surface area contributed by atoms with Gasteiger partial charge in [0.05, 0.1) is 13.2 Å². The number of carbonyl (C=O) groups excluding carboxylic acids is 3. The van der Waals surface area contributed by atoms with Crippen LogP contribution in [0.15, 0.2) is 0 Å². The lowest BCUT2D eigenvalue weighted by Crippen LogP contribution is -2.36. The van der Waals surface area contributed by atoms with Gasteiger partial charge >= 0.3 is 17.9 Å². The summed E-state index contributed by atoms with van der Waals surface area (Å²) < 4.78 is 9.42. The van der Waals surface area contributed by atoms with Crippen molar-refractivity contribution in [3.63, 3.8) is 0 Å². The van der Waals surface area contributed by atoms with E-state index in [0.717, 1.165) is 32.1 Å². The van der Waals surface area contributed by atoms with Crippen molar-refractivity contribution in [1.82, 2.24) is 0 Å². The molecule has 5 N–H and O–H groups in total. The Bertz CT molecular complexity index is 750. The smallest absolute Gasteiger partial charge is 0.332 e. The maximum Gasteiger partial charge on any atom is 0.332 e. The Hall–Kier alpha value is -1.55. The van der Waals surface area contributed by atoms with Crippen molar-refractivity contribution in [3.8, 4) is 0 Å². The third kappa shape index (κ3) is 42.7. The molecule has 0 radical (unpaired) electrons. The molecule has 304 valence electrons. The van der Waals surface area contributed by atoms with Gasteiger partial charge in [-0.25, -0.2) is 4.79 Å². The van der Waals surface area contributed by atoms with Crippen molar-refractivity contribution in [1.29, 1.82) is 0 Å². The van der Waals surface area contributed by atoms with Crippen LogP contribution in [0.3, 0.4) is 0 Å². The molecule has 0 amide bonds. The van der Waals surface area contributed by atoms with Crippen LogP contribution in [-0.2, 0) is 23.9 Å². The molecular formula is C42H83NO8. The van der Waals surface area contributed by atoms with Gasteiger partial charge in [0.1, 0.15) is 18.8 Å². The molecule has 0 saturated heterocycles. The summed E-state index contributed by atoms with van der Waals surface area (Å²) in [4.78, 5) is 34.0. The number of carbonyl (C=O) groups is 3. The highest BCUT2D eigenvalue weighted by Gasteiger charge is 2.17. The first-order valence-corrected chi connectivity index (χ1v) is 21.4. The Balaban J connectivity index is 0. The summed E-state index contributed by atoms with van der Waals surface area (Å²) >= 11 is 0.